The molecule has 0 saturated carbocycles. The summed E-state index contributed by atoms with van der Waals surface area (Å²) in [6.07, 6.45) is 3.65. The molecule has 12 heteroatoms. The van der Waals surface area contributed by atoms with E-state index in [1.807, 2.05) is 102 Å². The second kappa shape index (κ2) is 13.2. The van der Waals surface area contributed by atoms with E-state index in [9.17, 15) is 8.42 Å². The van der Waals surface area contributed by atoms with E-state index in [0.29, 0.717) is 54.3 Å². The van der Waals surface area contributed by atoms with Gasteiger partial charge in [0.2, 0.25) is 5.95 Å². The largest absolute Gasteiger partial charge is 0.495 e. The van der Waals surface area contributed by atoms with E-state index in [4.69, 9.17) is 24.2 Å². The van der Waals surface area contributed by atoms with Gasteiger partial charge in [-0.15, -0.1) is 0 Å². The highest BCUT2D eigenvalue weighted by Gasteiger charge is 2.23. The van der Waals surface area contributed by atoms with Crippen molar-refractivity contribution >= 4 is 32.8 Å². The Kier molecular flexibility index (Phi) is 8.55. The molecule has 1 fully saturated rings. The van der Waals surface area contributed by atoms with Crippen LogP contribution in [0.1, 0.15) is 5.56 Å². The third kappa shape index (κ3) is 6.47. The summed E-state index contributed by atoms with van der Waals surface area (Å²) in [6.45, 7) is 1.28. The molecule has 0 spiro atoms. The lowest BCUT2D eigenvalue weighted by Gasteiger charge is -2.29. The lowest BCUT2D eigenvalue weighted by atomic mass is 10.1. The Morgan fingerprint density at radius 1 is 0.812 bits per heavy atom. The van der Waals surface area contributed by atoms with Gasteiger partial charge in [0, 0.05) is 36.7 Å². The minimum Gasteiger partial charge on any atom is -0.495 e. The van der Waals surface area contributed by atoms with Gasteiger partial charge in [0.1, 0.15) is 18.0 Å². The van der Waals surface area contributed by atoms with E-state index in [1.54, 1.807) is 20.4 Å². The molecule has 0 amide bonds. The summed E-state index contributed by atoms with van der Waals surface area (Å²) >= 11 is 0. The van der Waals surface area contributed by atoms with Crippen molar-refractivity contribution in [2.75, 3.05) is 49.0 Å². The number of fused-ring (bicyclic) bond motifs is 1. The Morgan fingerprint density at radius 3 is 2.38 bits per heavy atom. The molecule has 1 N–H and O–H groups in total. The zero-order valence-electron chi connectivity index (χ0n) is 26.5. The van der Waals surface area contributed by atoms with Crippen LogP contribution in [-0.2, 0) is 16.4 Å². The third-order valence-corrected chi connectivity index (χ3v) is 9.85. The Morgan fingerprint density at radius 2 is 1.58 bits per heavy atom. The Hall–Kier alpha value is -5.62. The fourth-order valence-electron chi connectivity index (χ4n) is 5.74. The highest BCUT2D eigenvalue weighted by molar-refractivity contribution is 7.91. The van der Waals surface area contributed by atoms with Gasteiger partial charge in [0.05, 0.1) is 48.5 Å². The number of aromatic nitrogens is 4. The van der Waals surface area contributed by atoms with Gasteiger partial charge in [0.15, 0.2) is 21.3 Å². The summed E-state index contributed by atoms with van der Waals surface area (Å²) in [5, 5.41) is 3.32. The summed E-state index contributed by atoms with van der Waals surface area (Å²) < 4.78 is 43.5. The number of methoxy groups -OCH3 is 2. The van der Waals surface area contributed by atoms with Gasteiger partial charge < -0.3 is 24.4 Å². The molecule has 0 radical (unpaired) electrons. The topological polar surface area (TPSA) is 120 Å². The third-order valence-electron chi connectivity index (χ3n) is 8.24. The predicted molar refractivity (Wildman–Crippen MR) is 186 cm³/mol. The molecular weight excluding hydrogens is 628 g/mol. The molecule has 244 valence electrons. The molecular formula is C36H34N6O5S. The lowest BCUT2D eigenvalue weighted by Crippen LogP contribution is -2.40. The van der Waals surface area contributed by atoms with Crippen LogP contribution in [0.5, 0.6) is 17.2 Å². The fourth-order valence-corrected chi connectivity index (χ4v) is 6.94. The van der Waals surface area contributed by atoms with E-state index < -0.39 is 9.84 Å². The summed E-state index contributed by atoms with van der Waals surface area (Å²) in [5.41, 5.74) is 6.37. The van der Waals surface area contributed by atoms with Gasteiger partial charge in [-0.05, 0) is 60.2 Å². The van der Waals surface area contributed by atoms with Crippen LogP contribution < -0.4 is 24.4 Å². The quantitative estimate of drug-likeness (QED) is 0.186. The van der Waals surface area contributed by atoms with Gasteiger partial charge in [0.25, 0.3) is 0 Å². The van der Waals surface area contributed by atoms with Crippen molar-refractivity contribution < 1.29 is 22.6 Å². The van der Waals surface area contributed by atoms with Gasteiger partial charge in [-0.2, -0.15) is 0 Å². The minimum atomic E-state index is -3.00. The Labute approximate surface area is 278 Å². The molecule has 6 aromatic rings. The molecule has 0 atom stereocenters. The van der Waals surface area contributed by atoms with Gasteiger partial charge >= 0.3 is 0 Å². The molecule has 3 aromatic heterocycles. The first kappa shape index (κ1) is 31.0. The zero-order chi connectivity index (χ0) is 33.1. The molecule has 4 heterocycles. The second-order valence-electron chi connectivity index (χ2n) is 11.3. The van der Waals surface area contributed by atoms with Gasteiger partial charge in [-0.3, -0.25) is 4.40 Å². The van der Waals surface area contributed by atoms with Gasteiger partial charge in [-0.25, -0.2) is 23.4 Å². The van der Waals surface area contributed by atoms with Crippen molar-refractivity contribution in [3.8, 4) is 39.9 Å². The smallest absolute Gasteiger partial charge is 0.227 e. The Balaban J connectivity index is 1.22. The predicted octanol–water partition coefficient (Wildman–Crippen LogP) is 6.03. The normalized spacial score (nSPS) is 14.1. The van der Waals surface area contributed by atoms with E-state index in [2.05, 4.69) is 15.2 Å². The molecule has 11 nitrogen and oxygen atoms in total. The number of benzene rings is 3. The molecule has 0 aliphatic carbocycles. The summed E-state index contributed by atoms with van der Waals surface area (Å²) in [6, 6.07) is 29.2. The molecule has 3 aromatic carbocycles. The maximum Gasteiger partial charge on any atom is 0.227 e. The number of sulfone groups is 1. The first-order chi connectivity index (χ1) is 23.4. The Bertz CT molecular complexity index is 2170. The summed E-state index contributed by atoms with van der Waals surface area (Å²) in [7, 11) is 0.219. The molecule has 48 heavy (non-hydrogen) atoms. The number of hydrogen-bond donors (Lipinski definition) is 1. The van der Waals surface area contributed by atoms with E-state index in [-0.39, 0.29) is 11.5 Å². The van der Waals surface area contributed by atoms with Crippen molar-refractivity contribution in [3.63, 3.8) is 0 Å². The van der Waals surface area contributed by atoms with E-state index in [1.165, 1.54) is 0 Å². The number of imidazole rings is 1. The number of anilines is 3. The van der Waals surface area contributed by atoms with Crippen LogP contribution in [0.2, 0.25) is 0 Å². The molecule has 7 rings (SSSR count). The molecule has 0 bridgehead atoms. The van der Waals surface area contributed by atoms with Crippen molar-refractivity contribution in [2.24, 2.45) is 0 Å². The van der Waals surface area contributed by atoms with Crippen LogP contribution >= 0.6 is 0 Å². The number of hydrogen-bond acceptors (Lipinski definition) is 10. The average molecular weight is 663 g/mol. The highest BCUT2D eigenvalue weighted by Crippen LogP contribution is 2.38. The average Bonchev–Trinajstić information content (AvgIpc) is 3.51. The molecule has 1 saturated heterocycles. The number of rotatable bonds is 10. The molecule has 1 aliphatic heterocycles. The van der Waals surface area contributed by atoms with Crippen molar-refractivity contribution in [2.45, 2.75) is 6.61 Å². The molecule has 1 aliphatic rings. The summed E-state index contributed by atoms with van der Waals surface area (Å²) in [5.74, 6) is 2.45. The lowest BCUT2D eigenvalue weighted by molar-refractivity contribution is 0.284. The van der Waals surface area contributed by atoms with E-state index in [0.717, 1.165) is 33.8 Å². The first-order valence-corrected chi connectivity index (χ1v) is 17.3. The van der Waals surface area contributed by atoms with Crippen LogP contribution in [0.25, 0.3) is 28.3 Å². The maximum atomic E-state index is 12.0. The summed E-state index contributed by atoms with van der Waals surface area (Å²) in [4.78, 5) is 16.5. The number of ether oxygens (including phenoxy) is 3. The van der Waals surface area contributed by atoms with Gasteiger partial charge in [-0.1, -0.05) is 36.4 Å². The minimum absolute atomic E-state index is 0.129. The number of nitrogens with one attached hydrogen (secondary N) is 1. The van der Waals surface area contributed by atoms with Crippen LogP contribution in [0.3, 0.4) is 0 Å². The number of pyridine rings is 1. The monoisotopic (exact) mass is 662 g/mol. The second-order valence-corrected chi connectivity index (χ2v) is 13.6. The SMILES string of the molecule is COc1ccc(N2CCS(=O)(=O)CC2)cc1Nc1nccc(-c2c(-c3ccc(OCc4ccccc4)c(OC)c3)nc3ccccn23)n1. The zero-order valence-corrected chi connectivity index (χ0v) is 27.4. The van der Waals surface area contributed by atoms with Crippen molar-refractivity contribution in [3.05, 3.63) is 109 Å². The fraction of sp³-hybridized carbons (Fsp3) is 0.194. The first-order valence-electron chi connectivity index (χ1n) is 15.5. The van der Waals surface area contributed by atoms with Crippen LogP contribution in [0.15, 0.2) is 103 Å². The van der Waals surface area contributed by atoms with Crippen molar-refractivity contribution in [1.29, 1.82) is 0 Å². The van der Waals surface area contributed by atoms with Crippen molar-refractivity contribution in [1.82, 2.24) is 19.4 Å². The maximum absolute atomic E-state index is 12.0. The number of nitrogens with zero attached hydrogens (tertiary/aromatic N) is 5. The van der Waals surface area contributed by atoms with Crippen LogP contribution in [0.4, 0.5) is 17.3 Å². The molecule has 0 unspecified atom stereocenters. The van der Waals surface area contributed by atoms with E-state index >= 15 is 0 Å². The van der Waals surface area contributed by atoms with Crippen LogP contribution in [-0.4, -0.2) is 66.6 Å². The highest BCUT2D eigenvalue weighted by atomic mass is 32.2. The van der Waals surface area contributed by atoms with Crippen LogP contribution in [0, 0.1) is 0 Å². The standard InChI is InChI=1S/C36H34N6O5S/c1-45-30-14-12-27(41-18-20-48(43,44)21-19-41)23-29(30)39-36-37-16-15-28(38-36)35-34(40-33-10-6-7-17-42(33)35)26-11-13-31(32(22-26)46-2)47-24-25-8-4-3-5-9-25/h3-17,22-23H,18-21,24H2,1-2H3,(H,37,38,39).